The van der Waals surface area contributed by atoms with Gasteiger partial charge in [-0.2, -0.15) is 0 Å². The van der Waals surface area contributed by atoms with Gasteiger partial charge in [0.1, 0.15) is 5.60 Å². The fourth-order valence-electron chi connectivity index (χ4n) is 4.73. The summed E-state index contributed by atoms with van der Waals surface area (Å²) in [6, 6.07) is 20.8. The molecule has 4 heteroatoms. The number of amides is 1. The van der Waals surface area contributed by atoms with Crippen molar-refractivity contribution >= 4 is 11.6 Å². The number of rotatable bonds is 4. The lowest BCUT2D eigenvalue weighted by Crippen LogP contribution is -2.56. The number of anilines is 1. The highest BCUT2D eigenvalue weighted by Gasteiger charge is 2.58. The van der Waals surface area contributed by atoms with E-state index >= 15 is 0 Å². The van der Waals surface area contributed by atoms with Gasteiger partial charge in [-0.25, -0.2) is 0 Å². The van der Waals surface area contributed by atoms with Gasteiger partial charge in [-0.1, -0.05) is 48.5 Å². The zero-order valence-corrected chi connectivity index (χ0v) is 16.3. The molecule has 0 bridgehead atoms. The Morgan fingerprint density at radius 2 is 1.57 bits per heavy atom. The summed E-state index contributed by atoms with van der Waals surface area (Å²) < 4.78 is 6.43. The van der Waals surface area contributed by atoms with E-state index in [0.29, 0.717) is 12.5 Å². The predicted molar refractivity (Wildman–Crippen MR) is 110 cm³/mol. The third kappa shape index (κ3) is 3.47. The monoisotopic (exact) mass is 376 g/mol. The number of benzene rings is 2. The summed E-state index contributed by atoms with van der Waals surface area (Å²) in [5.41, 5.74) is 1.86. The van der Waals surface area contributed by atoms with E-state index in [-0.39, 0.29) is 12.0 Å². The molecule has 1 spiro atoms. The molecule has 3 fully saturated rings. The number of hydrogen-bond donors (Lipinski definition) is 0. The molecular weight excluding hydrogens is 348 g/mol. The number of morpholine rings is 1. The van der Waals surface area contributed by atoms with E-state index in [1.54, 1.807) is 0 Å². The number of carbonyl (C=O) groups excluding carboxylic acids is 1. The lowest BCUT2D eigenvalue weighted by molar-refractivity contribution is -0.150. The van der Waals surface area contributed by atoms with E-state index in [1.165, 1.54) is 5.56 Å². The second-order valence-corrected chi connectivity index (χ2v) is 8.50. The van der Waals surface area contributed by atoms with Gasteiger partial charge < -0.3 is 9.64 Å². The highest BCUT2D eigenvalue weighted by molar-refractivity contribution is 6.02. The summed E-state index contributed by atoms with van der Waals surface area (Å²) in [4.78, 5) is 17.5. The highest BCUT2D eigenvalue weighted by Crippen LogP contribution is 2.47. The molecule has 3 aliphatic rings. The van der Waals surface area contributed by atoms with Crippen LogP contribution in [-0.4, -0.2) is 42.1 Å². The number of hydrogen-bond acceptors (Lipinski definition) is 3. The average Bonchev–Trinajstić information content (AvgIpc) is 3.52. The number of carbonyl (C=O) groups is 1. The van der Waals surface area contributed by atoms with E-state index in [4.69, 9.17) is 4.74 Å². The number of nitrogens with zero attached hydrogens (tertiary/aromatic N) is 2. The number of piperidine rings is 1. The van der Waals surface area contributed by atoms with Crippen LogP contribution in [0.5, 0.6) is 0 Å². The maximum atomic E-state index is 13.0. The van der Waals surface area contributed by atoms with E-state index in [2.05, 4.69) is 35.2 Å². The standard InChI is InChI=1S/C24H28N2O2/c27-23-24(13-14-24)28-22(18-26(23)21-9-5-2-6-10-21)20-11-15-25(16-12-20)17-19-7-3-1-4-8-19/h1-10,20,22H,11-18H2. The lowest BCUT2D eigenvalue weighted by Gasteiger charge is -2.43. The Bertz CT molecular complexity index is 811. The van der Waals surface area contributed by atoms with Gasteiger partial charge >= 0.3 is 0 Å². The molecule has 0 aromatic heterocycles. The third-order valence-corrected chi connectivity index (χ3v) is 6.55. The summed E-state index contributed by atoms with van der Waals surface area (Å²) in [6.07, 6.45) is 4.19. The van der Waals surface area contributed by atoms with Crippen LogP contribution < -0.4 is 4.90 Å². The minimum Gasteiger partial charge on any atom is -0.360 e. The zero-order chi connectivity index (χ0) is 19.0. The van der Waals surface area contributed by atoms with Crippen LogP contribution >= 0.6 is 0 Å². The predicted octanol–water partition coefficient (Wildman–Crippen LogP) is 3.86. The van der Waals surface area contributed by atoms with Crippen molar-refractivity contribution in [1.82, 2.24) is 4.90 Å². The Morgan fingerprint density at radius 3 is 2.21 bits per heavy atom. The largest absolute Gasteiger partial charge is 0.360 e. The van der Waals surface area contributed by atoms with Gasteiger partial charge in [-0.05, 0) is 62.4 Å². The molecule has 2 aromatic carbocycles. The quantitative estimate of drug-likeness (QED) is 0.812. The summed E-state index contributed by atoms with van der Waals surface area (Å²) in [5.74, 6) is 0.695. The Labute approximate surface area is 167 Å². The number of likely N-dealkylation sites (tertiary alicyclic amines) is 1. The fraction of sp³-hybridized carbons (Fsp3) is 0.458. The maximum Gasteiger partial charge on any atom is 0.259 e. The first-order chi connectivity index (χ1) is 13.7. The second kappa shape index (κ2) is 7.34. The van der Waals surface area contributed by atoms with Crippen LogP contribution in [0.2, 0.25) is 0 Å². The van der Waals surface area contributed by atoms with Crippen LogP contribution in [-0.2, 0) is 16.1 Å². The van der Waals surface area contributed by atoms with Crippen molar-refractivity contribution in [2.24, 2.45) is 5.92 Å². The molecule has 2 heterocycles. The molecule has 1 amide bonds. The summed E-state index contributed by atoms with van der Waals surface area (Å²) in [6.45, 7) is 3.92. The molecule has 1 unspecified atom stereocenters. The molecule has 0 radical (unpaired) electrons. The van der Waals surface area contributed by atoms with Crippen molar-refractivity contribution in [2.75, 3.05) is 24.5 Å². The molecule has 146 valence electrons. The van der Waals surface area contributed by atoms with Crippen molar-refractivity contribution in [1.29, 1.82) is 0 Å². The minimum absolute atomic E-state index is 0.152. The van der Waals surface area contributed by atoms with Gasteiger partial charge in [-0.15, -0.1) is 0 Å². The van der Waals surface area contributed by atoms with E-state index in [0.717, 1.165) is 51.0 Å². The van der Waals surface area contributed by atoms with E-state index in [9.17, 15) is 4.79 Å². The van der Waals surface area contributed by atoms with Gasteiger partial charge in [0.25, 0.3) is 5.91 Å². The topological polar surface area (TPSA) is 32.8 Å². The van der Waals surface area contributed by atoms with Crippen molar-refractivity contribution in [3.8, 4) is 0 Å². The molecule has 28 heavy (non-hydrogen) atoms. The smallest absolute Gasteiger partial charge is 0.259 e. The molecule has 1 saturated carbocycles. The normalized spacial score (nSPS) is 25.2. The summed E-state index contributed by atoms with van der Waals surface area (Å²) >= 11 is 0. The van der Waals surface area contributed by atoms with Crippen LogP contribution in [0.15, 0.2) is 60.7 Å². The third-order valence-electron chi connectivity index (χ3n) is 6.55. The summed E-state index contributed by atoms with van der Waals surface area (Å²) in [7, 11) is 0. The first-order valence-electron chi connectivity index (χ1n) is 10.5. The van der Waals surface area contributed by atoms with Crippen molar-refractivity contribution in [3.05, 3.63) is 66.2 Å². The summed E-state index contributed by atoms with van der Waals surface area (Å²) in [5, 5.41) is 0. The minimum atomic E-state index is -0.528. The van der Waals surface area contributed by atoms with Crippen LogP contribution in [0.25, 0.3) is 0 Å². The van der Waals surface area contributed by atoms with Crippen LogP contribution in [0.3, 0.4) is 0 Å². The fourth-order valence-corrected chi connectivity index (χ4v) is 4.73. The zero-order valence-electron chi connectivity index (χ0n) is 16.3. The van der Waals surface area contributed by atoms with Gasteiger partial charge in [0.15, 0.2) is 0 Å². The SMILES string of the molecule is O=C1N(c2ccccc2)CC(C2CCN(Cc3ccccc3)CC2)OC12CC2. The highest BCUT2D eigenvalue weighted by atomic mass is 16.5. The molecule has 1 aliphatic carbocycles. The number of para-hydroxylation sites is 1. The Kier molecular flexibility index (Phi) is 4.69. The molecule has 1 atom stereocenters. The van der Waals surface area contributed by atoms with Gasteiger partial charge in [0.2, 0.25) is 0 Å². The van der Waals surface area contributed by atoms with Crippen LogP contribution in [0.1, 0.15) is 31.2 Å². The average molecular weight is 377 g/mol. The number of ether oxygens (including phenoxy) is 1. The Morgan fingerprint density at radius 1 is 0.929 bits per heavy atom. The molecule has 0 N–H and O–H groups in total. The molecule has 4 nitrogen and oxygen atoms in total. The van der Waals surface area contributed by atoms with Crippen LogP contribution in [0, 0.1) is 5.92 Å². The van der Waals surface area contributed by atoms with E-state index in [1.807, 2.05) is 35.2 Å². The van der Waals surface area contributed by atoms with Crippen molar-refractivity contribution in [3.63, 3.8) is 0 Å². The van der Waals surface area contributed by atoms with E-state index < -0.39 is 5.60 Å². The first-order valence-corrected chi connectivity index (χ1v) is 10.5. The lowest BCUT2D eigenvalue weighted by atomic mass is 9.89. The van der Waals surface area contributed by atoms with Gasteiger partial charge in [0, 0.05) is 12.2 Å². The Balaban J connectivity index is 1.25. The molecule has 2 saturated heterocycles. The van der Waals surface area contributed by atoms with Gasteiger partial charge in [0.05, 0.1) is 12.6 Å². The first kappa shape index (κ1) is 17.9. The van der Waals surface area contributed by atoms with Gasteiger partial charge in [-0.3, -0.25) is 9.69 Å². The molecule has 2 aromatic rings. The Hall–Kier alpha value is -2.17. The van der Waals surface area contributed by atoms with Crippen molar-refractivity contribution in [2.45, 2.75) is 43.9 Å². The second-order valence-electron chi connectivity index (χ2n) is 8.50. The molecule has 2 aliphatic heterocycles. The molecule has 5 rings (SSSR count). The molecular formula is C24H28N2O2. The maximum absolute atomic E-state index is 13.0. The van der Waals surface area contributed by atoms with Crippen LogP contribution in [0.4, 0.5) is 5.69 Å². The van der Waals surface area contributed by atoms with Crippen molar-refractivity contribution < 1.29 is 9.53 Å².